The van der Waals surface area contributed by atoms with Gasteiger partial charge in [0.15, 0.2) is 0 Å². The predicted molar refractivity (Wildman–Crippen MR) is 75.9 cm³/mol. The van der Waals surface area contributed by atoms with Gasteiger partial charge in [-0.2, -0.15) is 0 Å². The molecule has 0 atom stereocenters. The molecule has 0 spiro atoms. The molecule has 3 heteroatoms. The molecule has 2 nitrogen and oxygen atoms in total. The normalized spacial score (nSPS) is 11.1. The summed E-state index contributed by atoms with van der Waals surface area (Å²) in [4.78, 5) is 0. The van der Waals surface area contributed by atoms with Crippen molar-refractivity contribution in [2.45, 2.75) is 0 Å². The summed E-state index contributed by atoms with van der Waals surface area (Å²) in [6.07, 6.45) is 1.61. The zero-order chi connectivity index (χ0) is 12.8. The summed E-state index contributed by atoms with van der Waals surface area (Å²) in [6.45, 7) is 3.87. The minimum atomic E-state index is -3.01. The molecule has 0 aromatic heterocycles. The maximum atomic E-state index is 13.1. The first-order valence-corrected chi connectivity index (χ1v) is 7.36. The Bertz CT molecular complexity index is 506. The van der Waals surface area contributed by atoms with Gasteiger partial charge in [-0.3, -0.25) is 4.57 Å². The van der Waals surface area contributed by atoms with Gasteiger partial charge in [0.25, 0.3) is 7.37 Å². The maximum Gasteiger partial charge on any atom is 0.261 e. The highest BCUT2D eigenvalue weighted by Gasteiger charge is 2.27. The topological polar surface area (TPSA) is 26.3 Å². The summed E-state index contributed by atoms with van der Waals surface area (Å²) in [6, 6.07) is 18.6. The van der Waals surface area contributed by atoms with E-state index in [-0.39, 0.29) is 6.61 Å². The Labute approximate surface area is 107 Å². The van der Waals surface area contributed by atoms with Gasteiger partial charge in [0, 0.05) is 10.6 Å². The van der Waals surface area contributed by atoms with Crippen molar-refractivity contribution in [3.8, 4) is 0 Å². The summed E-state index contributed by atoms with van der Waals surface area (Å²) in [5.41, 5.74) is 0. The van der Waals surface area contributed by atoms with E-state index in [1.54, 1.807) is 6.08 Å². The standard InChI is InChI=1S/C15H15O2P/c1-2-13-17-18(16,14-9-5-3-6-10-14)15-11-7-4-8-12-15/h2-12H,1,13H2. The molecule has 92 valence electrons. The molecule has 0 bridgehead atoms. The second kappa shape index (κ2) is 5.81. The highest BCUT2D eigenvalue weighted by atomic mass is 31.2. The fourth-order valence-corrected chi connectivity index (χ4v) is 3.75. The zero-order valence-corrected chi connectivity index (χ0v) is 10.9. The van der Waals surface area contributed by atoms with Crippen molar-refractivity contribution in [3.05, 3.63) is 73.3 Å². The molecular weight excluding hydrogens is 243 g/mol. The summed E-state index contributed by atoms with van der Waals surface area (Å²) in [7, 11) is -3.01. The van der Waals surface area contributed by atoms with Crippen molar-refractivity contribution in [1.29, 1.82) is 0 Å². The smallest absolute Gasteiger partial charge is 0.261 e. The van der Waals surface area contributed by atoms with Crippen LogP contribution in [0.25, 0.3) is 0 Å². The molecule has 2 aromatic rings. The van der Waals surface area contributed by atoms with Crippen LogP contribution in [0.4, 0.5) is 0 Å². The molecule has 0 unspecified atom stereocenters. The van der Waals surface area contributed by atoms with Crippen LogP contribution < -0.4 is 10.6 Å². The summed E-state index contributed by atoms with van der Waals surface area (Å²) in [5.74, 6) is 0. The van der Waals surface area contributed by atoms with E-state index in [0.29, 0.717) is 10.6 Å². The molecule has 0 saturated heterocycles. The van der Waals surface area contributed by atoms with Gasteiger partial charge in [0.05, 0.1) is 6.61 Å². The highest BCUT2D eigenvalue weighted by Crippen LogP contribution is 2.44. The average molecular weight is 258 g/mol. The Hall–Kier alpha value is -1.63. The van der Waals surface area contributed by atoms with Crippen molar-refractivity contribution < 1.29 is 9.09 Å². The van der Waals surface area contributed by atoms with Crippen LogP contribution in [0.3, 0.4) is 0 Å². The fraction of sp³-hybridized carbons (Fsp3) is 0.0667. The van der Waals surface area contributed by atoms with E-state index in [0.717, 1.165) is 0 Å². The third-order valence-corrected chi connectivity index (χ3v) is 5.04. The average Bonchev–Trinajstić information content (AvgIpc) is 2.46. The largest absolute Gasteiger partial charge is 0.318 e. The van der Waals surface area contributed by atoms with E-state index in [1.165, 1.54) is 0 Å². The van der Waals surface area contributed by atoms with Gasteiger partial charge >= 0.3 is 0 Å². The Morgan fingerprint density at radius 1 is 0.944 bits per heavy atom. The molecule has 0 fully saturated rings. The number of rotatable bonds is 5. The second-order valence-corrected chi connectivity index (χ2v) is 6.20. The number of hydrogen-bond acceptors (Lipinski definition) is 2. The van der Waals surface area contributed by atoms with Crippen molar-refractivity contribution in [2.24, 2.45) is 0 Å². The van der Waals surface area contributed by atoms with Gasteiger partial charge in [-0.15, -0.1) is 6.58 Å². The lowest BCUT2D eigenvalue weighted by Gasteiger charge is -2.18. The first kappa shape index (κ1) is 12.8. The summed E-state index contributed by atoms with van der Waals surface area (Å²) >= 11 is 0. The fourth-order valence-electron chi connectivity index (χ4n) is 1.70. The van der Waals surface area contributed by atoms with E-state index in [9.17, 15) is 4.57 Å². The van der Waals surface area contributed by atoms with Crippen molar-refractivity contribution in [1.82, 2.24) is 0 Å². The van der Waals surface area contributed by atoms with Crippen LogP contribution in [0.2, 0.25) is 0 Å². The predicted octanol–water partition coefficient (Wildman–Crippen LogP) is 3.12. The lowest BCUT2D eigenvalue weighted by atomic mass is 10.4. The van der Waals surface area contributed by atoms with Gasteiger partial charge in [-0.25, -0.2) is 0 Å². The highest BCUT2D eigenvalue weighted by molar-refractivity contribution is 7.74. The molecule has 0 heterocycles. The van der Waals surface area contributed by atoms with Crippen LogP contribution >= 0.6 is 7.37 Å². The zero-order valence-electron chi connectivity index (χ0n) is 10.0. The van der Waals surface area contributed by atoms with Crippen LogP contribution in [-0.2, 0) is 9.09 Å². The van der Waals surface area contributed by atoms with Gasteiger partial charge in [0.1, 0.15) is 0 Å². The van der Waals surface area contributed by atoms with E-state index >= 15 is 0 Å². The van der Waals surface area contributed by atoms with E-state index in [4.69, 9.17) is 4.52 Å². The molecule has 0 aliphatic rings. The minimum Gasteiger partial charge on any atom is -0.318 e. The lowest BCUT2D eigenvalue weighted by Crippen LogP contribution is -2.18. The van der Waals surface area contributed by atoms with Crippen molar-refractivity contribution >= 4 is 18.0 Å². The maximum absolute atomic E-state index is 13.1. The van der Waals surface area contributed by atoms with E-state index in [1.807, 2.05) is 60.7 Å². The Morgan fingerprint density at radius 2 is 1.39 bits per heavy atom. The molecule has 0 aliphatic heterocycles. The van der Waals surface area contributed by atoms with Crippen LogP contribution in [0, 0.1) is 0 Å². The Kier molecular flexibility index (Phi) is 4.14. The molecule has 2 aromatic carbocycles. The molecule has 0 aliphatic carbocycles. The molecule has 18 heavy (non-hydrogen) atoms. The van der Waals surface area contributed by atoms with Crippen LogP contribution in [0.15, 0.2) is 73.3 Å². The van der Waals surface area contributed by atoms with Crippen molar-refractivity contribution in [3.63, 3.8) is 0 Å². The third-order valence-electron chi connectivity index (χ3n) is 2.57. The first-order valence-electron chi connectivity index (χ1n) is 5.74. The van der Waals surface area contributed by atoms with Crippen LogP contribution in [-0.4, -0.2) is 6.61 Å². The van der Waals surface area contributed by atoms with Gasteiger partial charge in [-0.1, -0.05) is 42.5 Å². The SMILES string of the molecule is C=CCOP(=O)(c1ccccc1)c1ccccc1. The Morgan fingerprint density at radius 3 is 1.78 bits per heavy atom. The number of benzene rings is 2. The molecular formula is C15H15O2P. The first-order chi connectivity index (χ1) is 8.77. The van der Waals surface area contributed by atoms with Crippen molar-refractivity contribution in [2.75, 3.05) is 6.61 Å². The van der Waals surface area contributed by atoms with Crippen LogP contribution in [0.1, 0.15) is 0 Å². The monoisotopic (exact) mass is 258 g/mol. The van der Waals surface area contributed by atoms with Gasteiger partial charge in [0.2, 0.25) is 0 Å². The minimum absolute atomic E-state index is 0.265. The molecule has 0 radical (unpaired) electrons. The van der Waals surface area contributed by atoms with E-state index in [2.05, 4.69) is 6.58 Å². The summed E-state index contributed by atoms with van der Waals surface area (Å²) in [5, 5.41) is 1.41. The number of hydrogen-bond donors (Lipinski definition) is 0. The summed E-state index contributed by atoms with van der Waals surface area (Å²) < 4.78 is 18.7. The third kappa shape index (κ3) is 2.61. The molecule has 0 N–H and O–H groups in total. The Balaban J connectivity index is 2.48. The van der Waals surface area contributed by atoms with E-state index < -0.39 is 7.37 Å². The molecule has 0 saturated carbocycles. The second-order valence-electron chi connectivity index (χ2n) is 3.81. The lowest BCUT2D eigenvalue weighted by molar-refractivity contribution is 0.369. The van der Waals surface area contributed by atoms with Crippen LogP contribution in [0.5, 0.6) is 0 Å². The van der Waals surface area contributed by atoms with Gasteiger partial charge < -0.3 is 4.52 Å². The molecule has 0 amide bonds. The quantitative estimate of drug-likeness (QED) is 0.608. The molecule has 2 rings (SSSR count). The van der Waals surface area contributed by atoms with Gasteiger partial charge in [-0.05, 0) is 24.3 Å².